The largest absolute Gasteiger partial charge is 0.487 e. The molecule has 0 radical (unpaired) electrons. The molecule has 0 aliphatic carbocycles. The summed E-state index contributed by atoms with van der Waals surface area (Å²) >= 11 is 0. The first-order valence-electron chi connectivity index (χ1n) is 17.2. The zero-order valence-electron chi connectivity index (χ0n) is 31.4. The molecule has 0 bridgehead atoms. The van der Waals surface area contributed by atoms with Crippen LogP contribution < -0.4 is 19.7 Å². The van der Waals surface area contributed by atoms with Crippen LogP contribution in [0.4, 0.5) is 13.2 Å². The lowest BCUT2D eigenvalue weighted by atomic mass is 9.94. The maximum absolute atomic E-state index is 13.6. The third-order valence-electron chi connectivity index (χ3n) is 9.06. The predicted octanol–water partition coefficient (Wildman–Crippen LogP) is 5.97. The Kier molecular flexibility index (Phi) is 11.7. The van der Waals surface area contributed by atoms with Crippen LogP contribution in [0, 0.1) is 27.7 Å². The number of ether oxygens (including phenoxy) is 1. The number of fused-ring (bicyclic) bond motifs is 1. The standard InChI is InChI=1S/C37H43F3N6O7S2/c1-22-11-13-26(14-12-22)30-20-31(37(38,39)40)42-46(30)27-15-17-28(18-16-27)54(48,49)44-32(47)10-8-9-19-41-35(43-52-7)45-55(50,51)34-24(3)23(2)33-29(25(34)4)21-36(5,6)53-33/h11-18,20H,8-10,19,21H2,1-7H3,(H,44,47)(H2,41,43,45). The predicted molar refractivity (Wildman–Crippen MR) is 200 cm³/mol. The Morgan fingerprint density at radius 2 is 1.58 bits per heavy atom. The smallest absolute Gasteiger partial charge is 0.435 e. The van der Waals surface area contributed by atoms with Crippen molar-refractivity contribution in [3.05, 3.63) is 88.1 Å². The van der Waals surface area contributed by atoms with E-state index in [4.69, 9.17) is 9.57 Å². The van der Waals surface area contributed by atoms with Gasteiger partial charge in [-0.15, -0.1) is 0 Å². The first kappa shape index (κ1) is 41.2. The number of halogens is 3. The summed E-state index contributed by atoms with van der Waals surface area (Å²) in [7, 11) is -7.16. The van der Waals surface area contributed by atoms with E-state index in [-0.39, 0.29) is 52.9 Å². The van der Waals surface area contributed by atoms with E-state index in [0.717, 1.165) is 27.4 Å². The van der Waals surface area contributed by atoms with Gasteiger partial charge < -0.3 is 4.74 Å². The van der Waals surface area contributed by atoms with E-state index in [1.165, 1.54) is 31.4 Å². The molecule has 5 rings (SSSR count). The summed E-state index contributed by atoms with van der Waals surface area (Å²) in [6.45, 7) is 11.1. The average molecular weight is 805 g/mol. The summed E-state index contributed by atoms with van der Waals surface area (Å²) in [5.74, 6) is -0.276. The number of rotatable bonds is 12. The average Bonchev–Trinajstić information content (AvgIpc) is 3.69. The van der Waals surface area contributed by atoms with Crippen molar-refractivity contribution in [3.63, 3.8) is 0 Å². The maximum Gasteiger partial charge on any atom is 0.435 e. The second kappa shape index (κ2) is 15.7. The lowest BCUT2D eigenvalue weighted by Gasteiger charge is -2.19. The lowest BCUT2D eigenvalue weighted by molar-refractivity contribution is -0.141. The summed E-state index contributed by atoms with van der Waals surface area (Å²) < 4.78 is 106. The number of guanidine groups is 1. The van der Waals surface area contributed by atoms with Crippen molar-refractivity contribution in [1.29, 1.82) is 0 Å². The highest BCUT2D eigenvalue weighted by Crippen LogP contribution is 2.43. The van der Waals surface area contributed by atoms with Crippen LogP contribution in [0.3, 0.4) is 0 Å². The SMILES string of the molecule is CONC(=NCCCCC(=O)NS(=O)(=O)c1ccc(-n2nc(C(F)(F)F)cc2-c2ccc(C)cc2)cc1)NS(=O)(=O)c1c(C)c(C)c2c(c1C)CC(C)(C)O2. The Morgan fingerprint density at radius 1 is 0.927 bits per heavy atom. The van der Waals surface area contributed by atoms with Crippen LogP contribution in [0.2, 0.25) is 0 Å². The fourth-order valence-electron chi connectivity index (χ4n) is 6.27. The Balaban J connectivity index is 1.20. The van der Waals surface area contributed by atoms with Crippen molar-refractivity contribution in [1.82, 2.24) is 24.7 Å². The Labute approximate surface area is 318 Å². The molecule has 0 unspecified atom stereocenters. The van der Waals surface area contributed by atoms with E-state index in [9.17, 15) is 34.8 Å². The van der Waals surface area contributed by atoms with Gasteiger partial charge in [-0.1, -0.05) is 29.8 Å². The molecule has 2 heterocycles. The fraction of sp³-hybridized carbons (Fsp3) is 0.378. The van der Waals surface area contributed by atoms with Crippen LogP contribution in [-0.2, 0) is 42.3 Å². The van der Waals surface area contributed by atoms with Gasteiger partial charge in [-0.3, -0.25) is 14.6 Å². The molecule has 1 aliphatic rings. The molecule has 1 aromatic heterocycles. The first-order chi connectivity index (χ1) is 25.6. The van der Waals surface area contributed by atoms with Crippen LogP contribution in [0.5, 0.6) is 5.75 Å². The number of aryl methyl sites for hydroxylation is 1. The number of aliphatic imine (C=N–C) groups is 1. The van der Waals surface area contributed by atoms with Gasteiger partial charge in [0.15, 0.2) is 5.69 Å². The molecule has 0 atom stereocenters. The molecule has 0 saturated carbocycles. The number of hydrogen-bond donors (Lipinski definition) is 3. The van der Waals surface area contributed by atoms with Gasteiger partial charge in [0.25, 0.3) is 20.0 Å². The molecule has 0 saturated heterocycles. The summed E-state index contributed by atoms with van der Waals surface area (Å²) in [4.78, 5) is 21.6. The minimum absolute atomic E-state index is 0.0625. The van der Waals surface area contributed by atoms with Crippen molar-refractivity contribution in [2.75, 3.05) is 13.7 Å². The molecule has 55 heavy (non-hydrogen) atoms. The second-order valence-corrected chi connectivity index (χ2v) is 17.2. The third-order valence-corrected chi connectivity index (χ3v) is 12.1. The van der Waals surface area contributed by atoms with Crippen LogP contribution in [0.1, 0.15) is 66.6 Å². The molecule has 0 spiro atoms. The number of benzene rings is 3. The number of alkyl halides is 3. The fourth-order valence-corrected chi connectivity index (χ4v) is 8.83. The van der Waals surface area contributed by atoms with Crippen molar-refractivity contribution < 1.29 is 44.4 Å². The van der Waals surface area contributed by atoms with E-state index < -0.39 is 43.4 Å². The highest BCUT2D eigenvalue weighted by atomic mass is 32.2. The van der Waals surface area contributed by atoms with Crippen LogP contribution in [0.15, 0.2) is 69.4 Å². The zero-order valence-corrected chi connectivity index (χ0v) is 33.0. The number of nitrogens with one attached hydrogen (secondary N) is 3. The van der Waals surface area contributed by atoms with E-state index in [1.807, 2.05) is 32.4 Å². The number of carbonyl (C=O) groups is 1. The molecular formula is C37H43F3N6O7S2. The summed E-state index contributed by atoms with van der Waals surface area (Å²) in [6, 6.07) is 12.7. The zero-order chi connectivity index (χ0) is 40.5. The Bertz CT molecular complexity index is 2340. The highest BCUT2D eigenvalue weighted by molar-refractivity contribution is 7.90. The van der Waals surface area contributed by atoms with Gasteiger partial charge in [0.05, 0.1) is 28.3 Å². The number of carbonyl (C=O) groups excluding carboxylic acids is 1. The second-order valence-electron chi connectivity index (χ2n) is 13.9. The molecule has 3 N–H and O–H groups in total. The Morgan fingerprint density at radius 3 is 2.20 bits per heavy atom. The molecule has 13 nitrogen and oxygen atoms in total. The minimum Gasteiger partial charge on any atom is -0.487 e. The van der Waals surface area contributed by atoms with E-state index in [0.29, 0.717) is 28.9 Å². The van der Waals surface area contributed by atoms with E-state index in [1.54, 1.807) is 38.1 Å². The van der Waals surface area contributed by atoms with Gasteiger partial charge >= 0.3 is 6.18 Å². The van der Waals surface area contributed by atoms with E-state index >= 15 is 0 Å². The van der Waals surface area contributed by atoms with Gasteiger partial charge in [-0.25, -0.2) is 36.4 Å². The summed E-state index contributed by atoms with van der Waals surface area (Å²) in [5.41, 5.74) is 5.25. The Hall–Kier alpha value is -4.94. The van der Waals surface area contributed by atoms with Gasteiger partial charge in [0, 0.05) is 30.5 Å². The number of nitrogens with zero attached hydrogens (tertiary/aromatic N) is 3. The van der Waals surface area contributed by atoms with Crippen LogP contribution >= 0.6 is 0 Å². The monoisotopic (exact) mass is 804 g/mol. The summed E-state index contributed by atoms with van der Waals surface area (Å²) in [5, 5.41) is 3.73. The normalized spacial score (nSPS) is 14.3. The molecule has 296 valence electrons. The topological polar surface area (TPSA) is 170 Å². The molecule has 0 fully saturated rings. The number of amides is 1. The molecule has 4 aromatic rings. The summed E-state index contributed by atoms with van der Waals surface area (Å²) in [6.07, 6.45) is -3.86. The van der Waals surface area contributed by atoms with Crippen molar-refractivity contribution in [2.45, 2.75) is 88.8 Å². The van der Waals surface area contributed by atoms with Crippen molar-refractivity contribution in [2.24, 2.45) is 4.99 Å². The van der Waals surface area contributed by atoms with Crippen molar-refractivity contribution >= 4 is 31.9 Å². The highest BCUT2D eigenvalue weighted by Gasteiger charge is 2.37. The quantitative estimate of drug-likeness (QED) is 0.0677. The van der Waals surface area contributed by atoms with Gasteiger partial charge in [0.2, 0.25) is 11.9 Å². The first-order valence-corrected chi connectivity index (χ1v) is 20.2. The number of hydroxylamine groups is 1. The van der Waals surface area contributed by atoms with Crippen molar-refractivity contribution in [3.8, 4) is 22.7 Å². The number of hydrogen-bond acceptors (Lipinski definition) is 9. The van der Waals surface area contributed by atoms with E-state index in [2.05, 4.69) is 20.3 Å². The minimum atomic E-state index is -4.71. The van der Waals surface area contributed by atoms with Crippen LogP contribution in [-0.4, -0.2) is 57.7 Å². The molecule has 1 amide bonds. The van der Waals surface area contributed by atoms with Gasteiger partial charge in [0.1, 0.15) is 11.4 Å². The number of unbranched alkanes of at least 4 members (excludes halogenated alkanes) is 1. The molecule has 1 aliphatic heterocycles. The maximum atomic E-state index is 13.6. The van der Waals surface area contributed by atoms with Gasteiger partial charge in [-0.05, 0) is 101 Å². The number of sulfonamides is 2. The third kappa shape index (κ3) is 9.30. The number of aromatic nitrogens is 2. The molecule has 18 heteroatoms. The molecular weight excluding hydrogens is 762 g/mol. The lowest BCUT2D eigenvalue weighted by Crippen LogP contribution is -2.41. The van der Waals surface area contributed by atoms with Gasteiger partial charge in [-0.2, -0.15) is 18.3 Å². The van der Waals surface area contributed by atoms with Crippen LogP contribution in [0.25, 0.3) is 16.9 Å². The molecule has 3 aromatic carbocycles.